The summed E-state index contributed by atoms with van der Waals surface area (Å²) in [5.41, 5.74) is 7.20. The first-order valence-electron chi connectivity index (χ1n) is 5.21. The van der Waals surface area contributed by atoms with Crippen molar-refractivity contribution in [2.75, 3.05) is 5.73 Å². The van der Waals surface area contributed by atoms with Crippen molar-refractivity contribution in [2.45, 2.75) is 32.7 Å². The van der Waals surface area contributed by atoms with E-state index in [1.165, 1.54) is 12.8 Å². The standard InChI is InChI=1S/C10H16N4O/c1-5(7-3-4-7)12-10(15)9-8(11)6(2)13-14-9/h5,7H,3-4,11H2,1-2H3,(H,12,15)(H,13,14). The number of rotatable bonds is 3. The van der Waals surface area contributed by atoms with Crippen molar-refractivity contribution in [2.24, 2.45) is 5.92 Å². The van der Waals surface area contributed by atoms with Crippen molar-refractivity contribution in [3.63, 3.8) is 0 Å². The zero-order chi connectivity index (χ0) is 11.0. The Morgan fingerprint density at radius 1 is 1.67 bits per heavy atom. The number of nitrogens with two attached hydrogens (primary N) is 1. The molecule has 5 nitrogen and oxygen atoms in total. The number of aromatic amines is 1. The molecule has 0 spiro atoms. The van der Waals surface area contributed by atoms with Crippen molar-refractivity contribution in [1.29, 1.82) is 0 Å². The van der Waals surface area contributed by atoms with Gasteiger partial charge in [-0.05, 0) is 32.6 Å². The summed E-state index contributed by atoms with van der Waals surface area (Å²) in [5.74, 6) is 0.450. The minimum atomic E-state index is -0.184. The Bertz CT molecular complexity index is 381. The van der Waals surface area contributed by atoms with Gasteiger partial charge in [-0.2, -0.15) is 5.10 Å². The van der Waals surface area contributed by atoms with E-state index in [4.69, 9.17) is 5.73 Å². The molecule has 0 saturated heterocycles. The molecule has 2 rings (SSSR count). The second-order valence-electron chi connectivity index (χ2n) is 4.21. The van der Waals surface area contributed by atoms with E-state index in [2.05, 4.69) is 15.5 Å². The average Bonchev–Trinajstić information content (AvgIpc) is 2.96. The lowest BCUT2D eigenvalue weighted by atomic mass is 10.2. The molecule has 5 heteroatoms. The van der Waals surface area contributed by atoms with Crippen LogP contribution in [0.4, 0.5) is 5.69 Å². The van der Waals surface area contributed by atoms with E-state index >= 15 is 0 Å². The highest BCUT2D eigenvalue weighted by Gasteiger charge is 2.29. The number of hydrogen-bond acceptors (Lipinski definition) is 3. The van der Waals surface area contributed by atoms with Crippen molar-refractivity contribution in [1.82, 2.24) is 15.5 Å². The van der Waals surface area contributed by atoms with Crippen molar-refractivity contribution in [3.05, 3.63) is 11.4 Å². The van der Waals surface area contributed by atoms with Gasteiger partial charge in [0.15, 0.2) is 5.69 Å². The highest BCUT2D eigenvalue weighted by molar-refractivity contribution is 5.97. The smallest absolute Gasteiger partial charge is 0.274 e. The average molecular weight is 208 g/mol. The lowest BCUT2D eigenvalue weighted by Gasteiger charge is -2.11. The molecule has 1 aliphatic rings. The third-order valence-electron chi connectivity index (χ3n) is 2.90. The monoisotopic (exact) mass is 208 g/mol. The SMILES string of the molecule is Cc1[nH]nc(C(=O)NC(C)C2CC2)c1N. The number of anilines is 1. The van der Waals surface area contributed by atoms with Crippen LogP contribution in [0.5, 0.6) is 0 Å². The normalized spacial score (nSPS) is 17.5. The summed E-state index contributed by atoms with van der Waals surface area (Å²) in [7, 11) is 0. The summed E-state index contributed by atoms with van der Waals surface area (Å²) in [6.45, 7) is 3.81. The molecule has 1 fully saturated rings. The molecule has 82 valence electrons. The Morgan fingerprint density at radius 3 is 2.80 bits per heavy atom. The number of amides is 1. The number of hydrogen-bond donors (Lipinski definition) is 3. The number of nitrogens with zero attached hydrogens (tertiary/aromatic N) is 1. The highest BCUT2D eigenvalue weighted by atomic mass is 16.2. The Labute approximate surface area is 88.4 Å². The number of aromatic nitrogens is 2. The van der Waals surface area contributed by atoms with Crippen LogP contribution in [-0.4, -0.2) is 22.1 Å². The van der Waals surface area contributed by atoms with Crippen LogP contribution in [0.2, 0.25) is 0 Å². The van der Waals surface area contributed by atoms with Crippen LogP contribution >= 0.6 is 0 Å². The minimum absolute atomic E-state index is 0.184. The molecule has 1 aromatic rings. The molecule has 0 aliphatic heterocycles. The van der Waals surface area contributed by atoms with E-state index in [1.807, 2.05) is 6.92 Å². The van der Waals surface area contributed by atoms with Gasteiger partial charge < -0.3 is 11.1 Å². The summed E-state index contributed by atoms with van der Waals surface area (Å²) < 4.78 is 0. The molecule has 1 amide bonds. The summed E-state index contributed by atoms with van der Waals surface area (Å²) in [6.07, 6.45) is 2.41. The maximum Gasteiger partial charge on any atom is 0.274 e. The Hall–Kier alpha value is -1.52. The molecule has 0 aromatic carbocycles. The van der Waals surface area contributed by atoms with Gasteiger partial charge in [-0.25, -0.2) is 0 Å². The summed E-state index contributed by atoms with van der Waals surface area (Å²) in [5, 5.41) is 9.50. The van der Waals surface area contributed by atoms with Crippen LogP contribution in [0.3, 0.4) is 0 Å². The van der Waals surface area contributed by atoms with Crippen LogP contribution in [0, 0.1) is 12.8 Å². The van der Waals surface area contributed by atoms with Gasteiger partial charge in [-0.3, -0.25) is 9.89 Å². The Balaban J connectivity index is 2.03. The fourth-order valence-corrected chi connectivity index (χ4v) is 1.60. The van der Waals surface area contributed by atoms with E-state index in [-0.39, 0.29) is 11.9 Å². The van der Waals surface area contributed by atoms with Crippen LogP contribution in [0.25, 0.3) is 0 Å². The number of carbonyl (C=O) groups excluding carboxylic acids is 1. The zero-order valence-corrected chi connectivity index (χ0v) is 9.00. The predicted molar refractivity (Wildman–Crippen MR) is 57.4 cm³/mol. The van der Waals surface area contributed by atoms with Crippen LogP contribution in [0.15, 0.2) is 0 Å². The third kappa shape index (κ3) is 1.95. The Kier molecular flexibility index (Phi) is 2.38. The van der Waals surface area contributed by atoms with Gasteiger partial charge in [-0.15, -0.1) is 0 Å². The maximum atomic E-state index is 11.7. The van der Waals surface area contributed by atoms with Gasteiger partial charge in [0.25, 0.3) is 5.91 Å². The fraction of sp³-hybridized carbons (Fsp3) is 0.600. The van der Waals surface area contributed by atoms with Gasteiger partial charge in [0.1, 0.15) is 0 Å². The number of aryl methyl sites for hydroxylation is 1. The van der Waals surface area contributed by atoms with E-state index in [0.717, 1.165) is 5.69 Å². The van der Waals surface area contributed by atoms with Gasteiger partial charge in [0.05, 0.1) is 11.4 Å². The maximum absolute atomic E-state index is 11.7. The van der Waals surface area contributed by atoms with E-state index < -0.39 is 0 Å². The molecule has 1 unspecified atom stereocenters. The summed E-state index contributed by atoms with van der Waals surface area (Å²) in [4.78, 5) is 11.7. The van der Waals surface area contributed by atoms with E-state index in [9.17, 15) is 4.79 Å². The molecule has 1 atom stereocenters. The minimum Gasteiger partial charge on any atom is -0.395 e. The number of carbonyl (C=O) groups is 1. The lowest BCUT2D eigenvalue weighted by Crippen LogP contribution is -2.34. The quantitative estimate of drug-likeness (QED) is 0.687. The number of nitrogens with one attached hydrogen (secondary N) is 2. The largest absolute Gasteiger partial charge is 0.395 e. The fourth-order valence-electron chi connectivity index (χ4n) is 1.60. The van der Waals surface area contributed by atoms with Crippen LogP contribution in [0.1, 0.15) is 35.9 Å². The first-order valence-corrected chi connectivity index (χ1v) is 5.21. The molecule has 1 saturated carbocycles. The summed E-state index contributed by atoms with van der Waals surface area (Å²) in [6, 6.07) is 0.217. The molecule has 4 N–H and O–H groups in total. The van der Waals surface area contributed by atoms with Crippen molar-refractivity contribution in [3.8, 4) is 0 Å². The number of H-pyrrole nitrogens is 1. The molecule has 0 radical (unpaired) electrons. The second-order valence-corrected chi connectivity index (χ2v) is 4.21. The van der Waals surface area contributed by atoms with Gasteiger partial charge in [-0.1, -0.05) is 0 Å². The van der Waals surface area contributed by atoms with Gasteiger partial charge in [0.2, 0.25) is 0 Å². The van der Waals surface area contributed by atoms with Crippen LogP contribution < -0.4 is 11.1 Å². The zero-order valence-electron chi connectivity index (χ0n) is 9.00. The van der Waals surface area contributed by atoms with E-state index in [0.29, 0.717) is 17.3 Å². The highest BCUT2D eigenvalue weighted by Crippen LogP contribution is 2.32. The molecule has 15 heavy (non-hydrogen) atoms. The number of nitrogen functional groups attached to an aromatic ring is 1. The van der Waals surface area contributed by atoms with Gasteiger partial charge in [0, 0.05) is 6.04 Å². The molecular weight excluding hydrogens is 192 g/mol. The van der Waals surface area contributed by atoms with Crippen molar-refractivity contribution >= 4 is 11.6 Å². The van der Waals surface area contributed by atoms with Gasteiger partial charge >= 0.3 is 0 Å². The molecular formula is C10H16N4O. The van der Waals surface area contributed by atoms with E-state index in [1.54, 1.807) is 6.92 Å². The lowest BCUT2D eigenvalue weighted by molar-refractivity contribution is 0.0931. The first-order chi connectivity index (χ1) is 7.09. The topological polar surface area (TPSA) is 83.8 Å². The summed E-state index contributed by atoms with van der Waals surface area (Å²) >= 11 is 0. The Morgan fingerprint density at radius 2 is 2.33 bits per heavy atom. The third-order valence-corrected chi connectivity index (χ3v) is 2.90. The van der Waals surface area contributed by atoms with Crippen molar-refractivity contribution < 1.29 is 4.79 Å². The molecule has 1 aromatic heterocycles. The van der Waals surface area contributed by atoms with Crippen LogP contribution in [-0.2, 0) is 0 Å². The first kappa shape index (κ1) is 10.0. The second kappa shape index (κ2) is 3.56. The molecule has 1 aliphatic carbocycles. The predicted octanol–water partition coefficient (Wildman–Crippen LogP) is 0.829. The molecule has 0 bridgehead atoms. The molecule has 1 heterocycles.